The molecule has 1 spiro atoms. The zero-order chi connectivity index (χ0) is 11.2. The predicted molar refractivity (Wildman–Crippen MR) is 72.1 cm³/mol. The Labute approximate surface area is 107 Å². The minimum absolute atomic E-state index is 0.227. The highest BCUT2D eigenvalue weighted by atomic mass is 33.1. The van der Waals surface area contributed by atoms with Crippen LogP contribution in [0.2, 0.25) is 0 Å². The van der Waals surface area contributed by atoms with E-state index in [9.17, 15) is 0 Å². The van der Waals surface area contributed by atoms with Gasteiger partial charge < -0.3 is 9.47 Å². The molecule has 3 rings (SSSR count). The molecular formula is C11H14O2S3. The zero-order valence-electron chi connectivity index (χ0n) is 9.37. The molecule has 5 heteroatoms. The van der Waals surface area contributed by atoms with Gasteiger partial charge in [0.05, 0.1) is 18.6 Å². The third-order valence-corrected chi connectivity index (χ3v) is 6.83. The molecule has 0 atom stereocenters. The second-order valence-electron chi connectivity index (χ2n) is 4.47. The first-order valence-electron chi connectivity index (χ1n) is 5.30. The van der Waals surface area contributed by atoms with Crippen LogP contribution in [0.4, 0.5) is 0 Å². The lowest BCUT2D eigenvalue weighted by atomic mass is 9.96. The van der Waals surface area contributed by atoms with Gasteiger partial charge >= 0.3 is 0 Å². The minimum atomic E-state index is 0.227. The number of ether oxygens (including phenoxy) is 2. The molecule has 0 aliphatic carbocycles. The van der Waals surface area contributed by atoms with Gasteiger partial charge in [0.2, 0.25) is 0 Å². The van der Waals surface area contributed by atoms with Crippen molar-refractivity contribution in [1.82, 2.24) is 0 Å². The fourth-order valence-electron chi connectivity index (χ4n) is 2.01. The molecule has 1 saturated heterocycles. The Morgan fingerprint density at radius 1 is 0.938 bits per heavy atom. The monoisotopic (exact) mass is 274 g/mol. The zero-order valence-corrected chi connectivity index (χ0v) is 11.8. The van der Waals surface area contributed by atoms with Crippen molar-refractivity contribution in [1.29, 1.82) is 0 Å². The van der Waals surface area contributed by atoms with Crippen LogP contribution < -0.4 is 9.47 Å². The normalized spacial score (nSPS) is 22.4. The number of hydrogen-bond donors (Lipinski definition) is 0. The lowest BCUT2D eigenvalue weighted by molar-refractivity contribution is 0.150. The van der Waals surface area contributed by atoms with Crippen molar-refractivity contribution in [3.63, 3.8) is 0 Å². The van der Waals surface area contributed by atoms with Crippen molar-refractivity contribution in [3.8, 4) is 11.5 Å². The largest absolute Gasteiger partial charge is 0.488 e. The Morgan fingerprint density at radius 2 is 1.44 bits per heavy atom. The molecule has 0 radical (unpaired) electrons. The molecule has 0 saturated carbocycles. The van der Waals surface area contributed by atoms with Gasteiger partial charge in [0, 0.05) is 21.3 Å². The van der Waals surface area contributed by atoms with Crippen LogP contribution in [-0.4, -0.2) is 24.7 Å². The quantitative estimate of drug-likeness (QED) is 0.674. The van der Waals surface area contributed by atoms with Crippen molar-refractivity contribution >= 4 is 32.9 Å². The average molecular weight is 274 g/mol. The molecule has 16 heavy (non-hydrogen) atoms. The fraction of sp³-hybridized carbons (Fsp3) is 0.636. The first-order chi connectivity index (χ1) is 7.70. The van der Waals surface area contributed by atoms with E-state index in [1.54, 1.807) is 11.3 Å². The van der Waals surface area contributed by atoms with E-state index in [2.05, 4.69) is 13.8 Å². The average Bonchev–Trinajstić information content (AvgIpc) is 2.72. The summed E-state index contributed by atoms with van der Waals surface area (Å²) in [7, 11) is 3.88. The van der Waals surface area contributed by atoms with Gasteiger partial charge in [0.15, 0.2) is 11.5 Å². The number of hydrogen-bond acceptors (Lipinski definition) is 5. The maximum atomic E-state index is 6.00. The first kappa shape index (κ1) is 11.1. The molecule has 0 amide bonds. The summed E-state index contributed by atoms with van der Waals surface area (Å²) >= 11 is 1.76. The standard InChI is InChI=1S/C11H14O2S3/c1-7-9-10(8(2)16-7)13-4-11(3-12-9)5-14-15-6-11/h3-6H2,1-2H3. The van der Waals surface area contributed by atoms with Crippen LogP contribution in [0.1, 0.15) is 9.75 Å². The molecule has 88 valence electrons. The van der Waals surface area contributed by atoms with Gasteiger partial charge in [-0.25, -0.2) is 0 Å². The first-order valence-corrected chi connectivity index (χ1v) is 8.61. The predicted octanol–water partition coefficient (Wildman–Crippen LogP) is 3.52. The third-order valence-electron chi connectivity index (χ3n) is 3.01. The van der Waals surface area contributed by atoms with E-state index in [4.69, 9.17) is 9.47 Å². The summed E-state index contributed by atoms with van der Waals surface area (Å²) in [5.74, 6) is 4.26. The Kier molecular flexibility index (Phi) is 2.80. The second-order valence-corrected chi connectivity index (χ2v) is 8.37. The smallest absolute Gasteiger partial charge is 0.175 e. The molecule has 2 nitrogen and oxygen atoms in total. The van der Waals surface area contributed by atoms with E-state index >= 15 is 0 Å². The summed E-state index contributed by atoms with van der Waals surface area (Å²) in [6.07, 6.45) is 0. The Bertz CT molecular complexity index is 377. The van der Waals surface area contributed by atoms with Gasteiger partial charge in [-0.15, -0.1) is 11.3 Å². The lowest BCUT2D eigenvalue weighted by Crippen LogP contribution is -2.35. The van der Waals surface area contributed by atoms with Gasteiger partial charge in [-0.2, -0.15) is 0 Å². The highest BCUT2D eigenvalue weighted by molar-refractivity contribution is 8.77. The van der Waals surface area contributed by atoms with Crippen LogP contribution >= 0.6 is 32.9 Å². The molecule has 0 bridgehead atoms. The van der Waals surface area contributed by atoms with Crippen LogP contribution in [0.3, 0.4) is 0 Å². The van der Waals surface area contributed by atoms with E-state index in [1.165, 1.54) is 9.75 Å². The van der Waals surface area contributed by atoms with Crippen molar-refractivity contribution in [3.05, 3.63) is 9.75 Å². The third kappa shape index (κ3) is 1.73. The highest BCUT2D eigenvalue weighted by Crippen LogP contribution is 2.49. The molecule has 0 aromatic carbocycles. The van der Waals surface area contributed by atoms with Crippen LogP contribution in [0.15, 0.2) is 0 Å². The molecule has 2 aliphatic rings. The van der Waals surface area contributed by atoms with Crippen molar-refractivity contribution in [2.75, 3.05) is 24.7 Å². The lowest BCUT2D eigenvalue weighted by Gasteiger charge is -2.23. The van der Waals surface area contributed by atoms with E-state index in [0.29, 0.717) is 0 Å². The second kappa shape index (κ2) is 4.03. The summed E-state index contributed by atoms with van der Waals surface area (Å²) < 4.78 is 12.0. The van der Waals surface area contributed by atoms with E-state index in [1.807, 2.05) is 21.6 Å². The molecule has 0 unspecified atom stereocenters. The summed E-state index contributed by atoms with van der Waals surface area (Å²) in [6.45, 7) is 5.82. The van der Waals surface area contributed by atoms with Crippen molar-refractivity contribution in [2.24, 2.45) is 5.41 Å². The highest BCUT2D eigenvalue weighted by Gasteiger charge is 2.40. The molecule has 1 fully saturated rings. The number of fused-ring (bicyclic) bond motifs is 1. The molecule has 3 heterocycles. The maximum Gasteiger partial charge on any atom is 0.175 e. The van der Waals surface area contributed by atoms with Crippen LogP contribution in [0.5, 0.6) is 11.5 Å². The van der Waals surface area contributed by atoms with Gasteiger partial charge in [-0.05, 0) is 13.8 Å². The Balaban J connectivity index is 1.90. The molecular weight excluding hydrogens is 260 g/mol. The maximum absolute atomic E-state index is 6.00. The van der Waals surface area contributed by atoms with Gasteiger partial charge in [0.1, 0.15) is 0 Å². The number of rotatable bonds is 0. The van der Waals surface area contributed by atoms with Crippen molar-refractivity contribution < 1.29 is 9.47 Å². The number of thiophene rings is 1. The van der Waals surface area contributed by atoms with Crippen LogP contribution in [0, 0.1) is 19.3 Å². The summed E-state index contributed by atoms with van der Waals surface area (Å²) in [5, 5.41) is 0. The van der Waals surface area contributed by atoms with E-state index in [-0.39, 0.29) is 5.41 Å². The topological polar surface area (TPSA) is 18.5 Å². The summed E-state index contributed by atoms with van der Waals surface area (Å²) in [5.41, 5.74) is 0.227. The molecule has 2 aliphatic heterocycles. The van der Waals surface area contributed by atoms with Gasteiger partial charge in [-0.1, -0.05) is 21.6 Å². The fourth-order valence-corrected chi connectivity index (χ4v) is 6.29. The Hall–Kier alpha value is 0. The minimum Gasteiger partial charge on any atom is -0.488 e. The van der Waals surface area contributed by atoms with E-state index < -0.39 is 0 Å². The van der Waals surface area contributed by atoms with Gasteiger partial charge in [0.25, 0.3) is 0 Å². The molecule has 1 aromatic heterocycles. The van der Waals surface area contributed by atoms with Crippen LogP contribution in [0.25, 0.3) is 0 Å². The van der Waals surface area contributed by atoms with E-state index in [0.717, 1.165) is 36.2 Å². The summed E-state index contributed by atoms with van der Waals surface area (Å²) in [4.78, 5) is 2.48. The Morgan fingerprint density at radius 3 is 1.94 bits per heavy atom. The molecule has 0 N–H and O–H groups in total. The molecule has 1 aromatic rings. The number of aryl methyl sites for hydroxylation is 2. The summed E-state index contributed by atoms with van der Waals surface area (Å²) in [6, 6.07) is 0. The van der Waals surface area contributed by atoms with Crippen LogP contribution in [-0.2, 0) is 0 Å². The van der Waals surface area contributed by atoms with Gasteiger partial charge in [-0.3, -0.25) is 0 Å². The van der Waals surface area contributed by atoms with Crippen molar-refractivity contribution in [2.45, 2.75) is 13.8 Å². The SMILES string of the molecule is Cc1sc(C)c2c1OCC1(CO2)CSSC1.